The lowest BCUT2D eigenvalue weighted by molar-refractivity contribution is 0.621. The first kappa shape index (κ1) is 13.7. The van der Waals surface area contributed by atoms with E-state index < -0.39 is 0 Å². The Bertz CT molecular complexity index is 459. The van der Waals surface area contributed by atoms with Gasteiger partial charge in [-0.3, -0.25) is 0 Å². The summed E-state index contributed by atoms with van der Waals surface area (Å²) < 4.78 is 13.9. The van der Waals surface area contributed by atoms with Crippen molar-refractivity contribution in [1.29, 1.82) is 0 Å². The van der Waals surface area contributed by atoms with E-state index in [1.807, 2.05) is 6.92 Å². The Balaban J connectivity index is 2.00. The van der Waals surface area contributed by atoms with Crippen LogP contribution in [0, 0.1) is 12.7 Å². The summed E-state index contributed by atoms with van der Waals surface area (Å²) in [5.41, 5.74) is 1.67. The third-order valence-corrected chi connectivity index (χ3v) is 4.03. The Labute approximate surface area is 120 Å². The number of nitrogens with one attached hydrogen (secondary N) is 2. The largest absolute Gasteiger partial charge is 0.360 e. The van der Waals surface area contributed by atoms with E-state index in [-0.39, 0.29) is 5.82 Å². The Morgan fingerprint density at radius 1 is 1.39 bits per heavy atom. The zero-order valence-electron chi connectivity index (χ0n) is 10.2. The van der Waals surface area contributed by atoms with Gasteiger partial charge in [0.25, 0.3) is 0 Å². The van der Waals surface area contributed by atoms with Gasteiger partial charge in [0.1, 0.15) is 5.82 Å². The van der Waals surface area contributed by atoms with Gasteiger partial charge in [-0.2, -0.15) is 0 Å². The number of benzene rings is 1. The van der Waals surface area contributed by atoms with Gasteiger partial charge in [0, 0.05) is 11.7 Å². The normalized spacial score (nSPS) is 15.7. The average Bonchev–Trinajstić information content (AvgIpc) is 2.78. The highest BCUT2D eigenvalue weighted by molar-refractivity contribution is 9.10. The standard InChI is InChI=1S/C13H16BrFN2S/c1-8-6-10(14)11(15)7-12(8)17-13(18)16-9-4-2-3-5-9/h6-7,9H,2-5H2,1H3,(H2,16,17,18). The van der Waals surface area contributed by atoms with Crippen molar-refractivity contribution in [2.24, 2.45) is 0 Å². The van der Waals surface area contributed by atoms with Crippen LogP contribution in [0.25, 0.3) is 0 Å². The van der Waals surface area contributed by atoms with Crippen LogP contribution < -0.4 is 10.6 Å². The van der Waals surface area contributed by atoms with Crippen LogP contribution >= 0.6 is 28.1 Å². The van der Waals surface area contributed by atoms with E-state index in [0.717, 1.165) is 18.4 Å². The van der Waals surface area contributed by atoms with Crippen molar-refractivity contribution < 1.29 is 4.39 Å². The minimum Gasteiger partial charge on any atom is -0.360 e. The van der Waals surface area contributed by atoms with Crippen LogP contribution in [0.15, 0.2) is 16.6 Å². The van der Waals surface area contributed by atoms with Gasteiger partial charge in [0.05, 0.1) is 4.47 Å². The monoisotopic (exact) mass is 330 g/mol. The fraction of sp³-hybridized carbons (Fsp3) is 0.462. The third kappa shape index (κ3) is 3.42. The highest BCUT2D eigenvalue weighted by Crippen LogP contribution is 2.24. The highest BCUT2D eigenvalue weighted by atomic mass is 79.9. The Kier molecular flexibility index (Phi) is 4.56. The topological polar surface area (TPSA) is 24.1 Å². The van der Waals surface area contributed by atoms with Crippen LogP contribution in [0.3, 0.4) is 0 Å². The first-order valence-corrected chi connectivity index (χ1v) is 7.29. The van der Waals surface area contributed by atoms with Crippen molar-refractivity contribution in [2.45, 2.75) is 38.6 Å². The number of thiocarbonyl (C=S) groups is 1. The van der Waals surface area contributed by atoms with E-state index in [0.29, 0.717) is 21.3 Å². The quantitative estimate of drug-likeness (QED) is 0.797. The molecule has 1 aromatic carbocycles. The molecule has 2 rings (SSSR count). The molecule has 5 heteroatoms. The average molecular weight is 331 g/mol. The van der Waals surface area contributed by atoms with Crippen LogP contribution in [0.4, 0.5) is 10.1 Å². The molecule has 0 aromatic heterocycles. The second kappa shape index (κ2) is 5.97. The lowest BCUT2D eigenvalue weighted by Gasteiger charge is -2.17. The molecule has 0 saturated heterocycles. The SMILES string of the molecule is Cc1cc(Br)c(F)cc1NC(=S)NC1CCCC1. The number of halogens is 2. The molecule has 0 atom stereocenters. The molecule has 0 radical (unpaired) electrons. The number of rotatable bonds is 2. The Morgan fingerprint density at radius 2 is 2.06 bits per heavy atom. The molecule has 0 bridgehead atoms. The second-order valence-electron chi connectivity index (χ2n) is 4.66. The molecular formula is C13H16BrFN2S. The fourth-order valence-electron chi connectivity index (χ4n) is 2.19. The maximum atomic E-state index is 13.5. The minimum atomic E-state index is -0.285. The van der Waals surface area contributed by atoms with Crippen molar-refractivity contribution in [3.05, 3.63) is 28.0 Å². The first-order chi connectivity index (χ1) is 8.56. The van der Waals surface area contributed by atoms with Crippen molar-refractivity contribution in [1.82, 2.24) is 5.32 Å². The summed E-state index contributed by atoms with van der Waals surface area (Å²) in [5.74, 6) is -0.285. The van der Waals surface area contributed by atoms with E-state index >= 15 is 0 Å². The number of hydrogen-bond donors (Lipinski definition) is 2. The molecule has 1 saturated carbocycles. The predicted molar refractivity (Wildman–Crippen MR) is 80.4 cm³/mol. The molecule has 1 aliphatic rings. The second-order valence-corrected chi connectivity index (χ2v) is 5.92. The summed E-state index contributed by atoms with van der Waals surface area (Å²) in [6, 6.07) is 3.67. The van der Waals surface area contributed by atoms with Crippen LogP contribution in [-0.4, -0.2) is 11.2 Å². The van der Waals surface area contributed by atoms with E-state index in [4.69, 9.17) is 12.2 Å². The molecule has 1 fully saturated rings. The van der Waals surface area contributed by atoms with Crippen LogP contribution in [-0.2, 0) is 0 Å². The first-order valence-electron chi connectivity index (χ1n) is 6.09. The number of anilines is 1. The van der Waals surface area contributed by atoms with Gasteiger partial charge in [-0.25, -0.2) is 4.39 Å². The molecule has 18 heavy (non-hydrogen) atoms. The van der Waals surface area contributed by atoms with Gasteiger partial charge in [0.15, 0.2) is 5.11 Å². The predicted octanol–water partition coefficient (Wildman–Crippen LogP) is 4.13. The molecule has 1 aliphatic carbocycles. The summed E-state index contributed by atoms with van der Waals surface area (Å²) in [4.78, 5) is 0. The maximum absolute atomic E-state index is 13.5. The number of hydrogen-bond acceptors (Lipinski definition) is 1. The lowest BCUT2D eigenvalue weighted by Crippen LogP contribution is -2.36. The van der Waals surface area contributed by atoms with E-state index in [9.17, 15) is 4.39 Å². The van der Waals surface area contributed by atoms with Crippen LogP contribution in [0.5, 0.6) is 0 Å². The molecule has 98 valence electrons. The molecule has 2 nitrogen and oxygen atoms in total. The molecule has 0 spiro atoms. The molecule has 0 unspecified atom stereocenters. The number of aryl methyl sites for hydroxylation is 1. The fourth-order valence-corrected chi connectivity index (χ4v) is 2.93. The lowest BCUT2D eigenvalue weighted by atomic mass is 10.2. The minimum absolute atomic E-state index is 0.285. The van der Waals surface area contributed by atoms with Gasteiger partial charge in [0.2, 0.25) is 0 Å². The summed E-state index contributed by atoms with van der Waals surface area (Å²) >= 11 is 8.42. The van der Waals surface area contributed by atoms with Crippen LogP contribution in [0.1, 0.15) is 31.2 Å². The van der Waals surface area contributed by atoms with E-state index in [1.165, 1.54) is 18.9 Å². The van der Waals surface area contributed by atoms with Crippen molar-refractivity contribution in [3.8, 4) is 0 Å². The van der Waals surface area contributed by atoms with Crippen molar-refractivity contribution in [3.63, 3.8) is 0 Å². The van der Waals surface area contributed by atoms with E-state index in [1.54, 1.807) is 6.07 Å². The molecule has 0 heterocycles. The Hall–Kier alpha value is -0.680. The van der Waals surface area contributed by atoms with Gasteiger partial charge in [-0.15, -0.1) is 0 Å². The molecule has 2 N–H and O–H groups in total. The van der Waals surface area contributed by atoms with Gasteiger partial charge >= 0.3 is 0 Å². The van der Waals surface area contributed by atoms with Crippen molar-refractivity contribution in [2.75, 3.05) is 5.32 Å². The van der Waals surface area contributed by atoms with Crippen molar-refractivity contribution >= 4 is 38.9 Å². The van der Waals surface area contributed by atoms with E-state index in [2.05, 4.69) is 26.6 Å². The molecule has 0 aliphatic heterocycles. The zero-order valence-corrected chi connectivity index (χ0v) is 12.6. The van der Waals surface area contributed by atoms with Gasteiger partial charge in [-0.1, -0.05) is 12.8 Å². The summed E-state index contributed by atoms with van der Waals surface area (Å²) in [5, 5.41) is 6.92. The third-order valence-electron chi connectivity index (χ3n) is 3.21. The summed E-state index contributed by atoms with van der Waals surface area (Å²) in [7, 11) is 0. The van der Waals surface area contributed by atoms with Gasteiger partial charge < -0.3 is 10.6 Å². The molecular weight excluding hydrogens is 315 g/mol. The van der Waals surface area contributed by atoms with Crippen LogP contribution in [0.2, 0.25) is 0 Å². The summed E-state index contributed by atoms with van der Waals surface area (Å²) in [6.45, 7) is 1.92. The molecule has 0 amide bonds. The maximum Gasteiger partial charge on any atom is 0.171 e. The highest BCUT2D eigenvalue weighted by Gasteiger charge is 2.16. The smallest absolute Gasteiger partial charge is 0.171 e. The van der Waals surface area contributed by atoms with Gasteiger partial charge in [-0.05, 0) is 65.6 Å². The molecule has 1 aromatic rings. The summed E-state index contributed by atoms with van der Waals surface area (Å²) in [6.07, 6.45) is 4.84. The Morgan fingerprint density at radius 3 is 2.72 bits per heavy atom. The zero-order chi connectivity index (χ0) is 13.1.